The van der Waals surface area contributed by atoms with Crippen molar-refractivity contribution in [2.75, 3.05) is 23.3 Å². The molecule has 0 aliphatic carbocycles. The second-order valence-corrected chi connectivity index (χ2v) is 6.02. The standard InChI is InChI=1S/C17H18FN5O4/c1-10(24)19-8-13-9-22(17(26)27-13)12-3-4-15(14(18)7-12)23-6-5-16(21-23)20-11(2)25/h3-7,13H,8-9H2,1-2H3,(H,19,24)(H,20,21,25)/t13-/m0/s1. The molecule has 1 aromatic heterocycles. The van der Waals surface area contributed by atoms with Crippen LogP contribution in [-0.4, -0.2) is 46.9 Å². The van der Waals surface area contributed by atoms with Gasteiger partial charge in [-0.15, -0.1) is 5.10 Å². The molecule has 3 amide bonds. The van der Waals surface area contributed by atoms with Gasteiger partial charge in [0.2, 0.25) is 11.8 Å². The fraction of sp³-hybridized carbons (Fsp3) is 0.294. The molecule has 1 saturated heterocycles. The Morgan fingerprint density at radius 1 is 1.30 bits per heavy atom. The number of nitrogens with one attached hydrogen (secondary N) is 2. The number of amides is 3. The van der Waals surface area contributed by atoms with E-state index in [1.165, 1.54) is 41.8 Å². The van der Waals surface area contributed by atoms with E-state index in [9.17, 15) is 18.8 Å². The smallest absolute Gasteiger partial charge is 0.414 e. The van der Waals surface area contributed by atoms with Crippen LogP contribution in [0.3, 0.4) is 0 Å². The number of carbonyl (C=O) groups is 3. The van der Waals surface area contributed by atoms with Crippen LogP contribution in [0.15, 0.2) is 30.5 Å². The van der Waals surface area contributed by atoms with Crippen LogP contribution < -0.4 is 15.5 Å². The molecule has 2 N–H and O–H groups in total. The Bertz CT molecular complexity index is 897. The minimum Gasteiger partial charge on any atom is -0.442 e. The molecule has 1 aliphatic rings. The molecule has 0 spiro atoms. The quantitative estimate of drug-likeness (QED) is 0.822. The molecular formula is C17H18FN5O4. The molecule has 1 atom stereocenters. The largest absolute Gasteiger partial charge is 0.442 e. The van der Waals surface area contributed by atoms with E-state index in [0.717, 1.165) is 0 Å². The molecule has 2 heterocycles. The third kappa shape index (κ3) is 4.22. The first-order valence-electron chi connectivity index (χ1n) is 8.19. The average molecular weight is 375 g/mol. The Labute approximate surface area is 154 Å². The van der Waals surface area contributed by atoms with E-state index in [4.69, 9.17) is 4.74 Å². The topological polar surface area (TPSA) is 106 Å². The third-order valence-corrected chi connectivity index (χ3v) is 3.84. The predicted molar refractivity (Wildman–Crippen MR) is 94.1 cm³/mol. The number of hydrogen-bond acceptors (Lipinski definition) is 5. The minimum absolute atomic E-state index is 0.165. The van der Waals surface area contributed by atoms with Gasteiger partial charge in [-0.1, -0.05) is 0 Å². The number of carbonyl (C=O) groups excluding carboxylic acids is 3. The van der Waals surface area contributed by atoms with Crippen molar-refractivity contribution in [3.63, 3.8) is 0 Å². The zero-order chi connectivity index (χ0) is 19.6. The van der Waals surface area contributed by atoms with E-state index in [0.29, 0.717) is 11.5 Å². The van der Waals surface area contributed by atoms with Crippen LogP contribution >= 0.6 is 0 Å². The summed E-state index contributed by atoms with van der Waals surface area (Å²) in [6.07, 6.45) is 0.400. The van der Waals surface area contributed by atoms with Crippen molar-refractivity contribution in [3.8, 4) is 5.69 Å². The van der Waals surface area contributed by atoms with Crippen molar-refractivity contribution in [2.45, 2.75) is 20.0 Å². The lowest BCUT2D eigenvalue weighted by Crippen LogP contribution is -2.33. The van der Waals surface area contributed by atoms with Crippen LogP contribution in [0.2, 0.25) is 0 Å². The van der Waals surface area contributed by atoms with Crippen LogP contribution in [-0.2, 0) is 14.3 Å². The van der Waals surface area contributed by atoms with Crippen LogP contribution in [0.4, 0.5) is 20.7 Å². The van der Waals surface area contributed by atoms with E-state index in [-0.39, 0.29) is 30.6 Å². The summed E-state index contributed by atoms with van der Waals surface area (Å²) in [5, 5.41) is 9.16. The van der Waals surface area contributed by atoms with Gasteiger partial charge < -0.3 is 15.4 Å². The van der Waals surface area contributed by atoms with Gasteiger partial charge in [0.15, 0.2) is 11.6 Å². The molecular weight excluding hydrogens is 357 g/mol. The first-order valence-corrected chi connectivity index (χ1v) is 8.19. The Hall–Kier alpha value is -3.43. The lowest BCUT2D eigenvalue weighted by atomic mass is 10.2. The number of nitrogens with zero attached hydrogens (tertiary/aromatic N) is 3. The molecule has 0 unspecified atom stereocenters. The molecule has 1 aliphatic heterocycles. The fourth-order valence-electron chi connectivity index (χ4n) is 2.65. The van der Waals surface area contributed by atoms with Crippen molar-refractivity contribution in [1.29, 1.82) is 0 Å². The van der Waals surface area contributed by atoms with Crippen LogP contribution in [0.25, 0.3) is 5.69 Å². The zero-order valence-corrected chi connectivity index (χ0v) is 14.7. The van der Waals surface area contributed by atoms with E-state index < -0.39 is 18.0 Å². The molecule has 1 aromatic carbocycles. The summed E-state index contributed by atoms with van der Waals surface area (Å²) >= 11 is 0. The molecule has 142 valence electrons. The van der Waals surface area contributed by atoms with Crippen molar-refractivity contribution in [2.24, 2.45) is 0 Å². The summed E-state index contributed by atoms with van der Waals surface area (Å²) in [6.45, 7) is 3.11. The van der Waals surface area contributed by atoms with Gasteiger partial charge in [-0.25, -0.2) is 13.9 Å². The van der Waals surface area contributed by atoms with Gasteiger partial charge in [-0.05, 0) is 18.2 Å². The van der Waals surface area contributed by atoms with Crippen LogP contribution in [0, 0.1) is 5.82 Å². The Kier molecular flexibility index (Phi) is 5.06. The highest BCUT2D eigenvalue weighted by atomic mass is 19.1. The van der Waals surface area contributed by atoms with Gasteiger partial charge in [-0.3, -0.25) is 14.5 Å². The first kappa shape index (κ1) is 18.4. The van der Waals surface area contributed by atoms with E-state index in [1.54, 1.807) is 12.1 Å². The van der Waals surface area contributed by atoms with Gasteiger partial charge in [0, 0.05) is 26.1 Å². The molecule has 0 saturated carbocycles. The average Bonchev–Trinajstić information content (AvgIpc) is 3.19. The number of ether oxygens (including phenoxy) is 1. The van der Waals surface area contributed by atoms with E-state index in [1.807, 2.05) is 0 Å². The second kappa shape index (κ2) is 7.44. The number of cyclic esters (lactones) is 1. The maximum absolute atomic E-state index is 14.6. The van der Waals surface area contributed by atoms with Crippen LogP contribution in [0.1, 0.15) is 13.8 Å². The normalized spacial score (nSPS) is 16.2. The summed E-state index contributed by atoms with van der Waals surface area (Å²) in [5.41, 5.74) is 0.499. The minimum atomic E-state index is -0.607. The van der Waals surface area contributed by atoms with Crippen molar-refractivity contribution >= 4 is 29.4 Å². The number of rotatable bonds is 5. The number of hydrogen-bond donors (Lipinski definition) is 2. The highest BCUT2D eigenvalue weighted by Gasteiger charge is 2.32. The van der Waals surface area contributed by atoms with Gasteiger partial charge in [0.25, 0.3) is 0 Å². The highest BCUT2D eigenvalue weighted by molar-refractivity contribution is 5.90. The van der Waals surface area contributed by atoms with Crippen molar-refractivity contribution in [3.05, 3.63) is 36.3 Å². The number of anilines is 2. The first-order chi connectivity index (χ1) is 12.8. The number of halogens is 1. The van der Waals surface area contributed by atoms with E-state index in [2.05, 4.69) is 15.7 Å². The SMILES string of the molecule is CC(=O)NC[C@H]1CN(c2ccc(-n3ccc(NC(C)=O)n3)c(F)c2)C(=O)O1. The van der Waals surface area contributed by atoms with Crippen LogP contribution in [0.5, 0.6) is 0 Å². The molecule has 3 rings (SSSR count). The van der Waals surface area contributed by atoms with Crippen molar-refractivity contribution < 1.29 is 23.5 Å². The molecule has 27 heavy (non-hydrogen) atoms. The summed E-state index contributed by atoms with van der Waals surface area (Å²) in [7, 11) is 0. The van der Waals surface area contributed by atoms with E-state index >= 15 is 0 Å². The maximum Gasteiger partial charge on any atom is 0.414 e. The highest BCUT2D eigenvalue weighted by Crippen LogP contribution is 2.25. The third-order valence-electron chi connectivity index (χ3n) is 3.84. The number of benzene rings is 1. The predicted octanol–water partition coefficient (Wildman–Crippen LogP) is 1.43. The Balaban J connectivity index is 1.75. The molecule has 1 fully saturated rings. The molecule has 0 radical (unpaired) electrons. The molecule has 9 nitrogen and oxygen atoms in total. The summed E-state index contributed by atoms with van der Waals surface area (Å²) in [6, 6.07) is 5.79. The summed E-state index contributed by atoms with van der Waals surface area (Å²) in [5.74, 6) is -0.798. The summed E-state index contributed by atoms with van der Waals surface area (Å²) in [4.78, 5) is 35.3. The Morgan fingerprint density at radius 3 is 2.74 bits per heavy atom. The Morgan fingerprint density at radius 2 is 2.07 bits per heavy atom. The fourth-order valence-corrected chi connectivity index (χ4v) is 2.65. The lowest BCUT2D eigenvalue weighted by Gasteiger charge is -2.14. The molecule has 0 bridgehead atoms. The molecule has 2 aromatic rings. The maximum atomic E-state index is 14.6. The monoisotopic (exact) mass is 375 g/mol. The van der Waals surface area contributed by atoms with Gasteiger partial charge in [0.05, 0.1) is 18.8 Å². The second-order valence-electron chi connectivity index (χ2n) is 6.02. The van der Waals surface area contributed by atoms with Gasteiger partial charge in [0.1, 0.15) is 11.8 Å². The lowest BCUT2D eigenvalue weighted by molar-refractivity contribution is -0.119. The van der Waals surface area contributed by atoms with Gasteiger partial charge in [-0.2, -0.15) is 0 Å². The number of aromatic nitrogens is 2. The molecule has 10 heteroatoms. The zero-order valence-electron chi connectivity index (χ0n) is 14.7. The van der Waals surface area contributed by atoms with Crippen molar-refractivity contribution in [1.82, 2.24) is 15.1 Å². The summed E-state index contributed by atoms with van der Waals surface area (Å²) < 4.78 is 21.0. The van der Waals surface area contributed by atoms with Gasteiger partial charge >= 0.3 is 6.09 Å².